The van der Waals surface area contributed by atoms with E-state index in [0.717, 1.165) is 12.3 Å². The number of aliphatic hydroxyl groups is 2. The SMILES string of the molecule is OCC(O)CCC=CCC1CC1. The number of aliphatic hydroxyl groups excluding tert-OH is 2. The zero-order valence-corrected chi connectivity index (χ0v) is 7.45. The van der Waals surface area contributed by atoms with Gasteiger partial charge in [0.1, 0.15) is 0 Å². The van der Waals surface area contributed by atoms with Gasteiger partial charge in [-0.2, -0.15) is 0 Å². The normalized spacial score (nSPS) is 20.2. The third-order valence-electron chi connectivity index (χ3n) is 2.21. The van der Waals surface area contributed by atoms with Gasteiger partial charge >= 0.3 is 0 Å². The Bertz CT molecular complexity index is 139. The largest absolute Gasteiger partial charge is 0.394 e. The Hall–Kier alpha value is -0.340. The molecule has 0 saturated heterocycles. The van der Waals surface area contributed by atoms with Gasteiger partial charge in [-0.1, -0.05) is 12.2 Å². The molecule has 1 aliphatic carbocycles. The summed E-state index contributed by atoms with van der Waals surface area (Å²) in [5.74, 6) is 0.948. The molecule has 1 saturated carbocycles. The first kappa shape index (κ1) is 9.75. The Morgan fingerprint density at radius 3 is 2.67 bits per heavy atom. The molecule has 0 aromatic heterocycles. The molecule has 2 nitrogen and oxygen atoms in total. The van der Waals surface area contributed by atoms with Crippen molar-refractivity contribution in [3.05, 3.63) is 12.2 Å². The van der Waals surface area contributed by atoms with Gasteiger partial charge in [0.15, 0.2) is 0 Å². The minimum atomic E-state index is -0.532. The van der Waals surface area contributed by atoms with Crippen LogP contribution in [0.4, 0.5) is 0 Å². The first-order valence-corrected chi connectivity index (χ1v) is 4.77. The lowest BCUT2D eigenvalue weighted by Crippen LogP contribution is -2.10. The molecule has 70 valence electrons. The summed E-state index contributed by atoms with van der Waals surface area (Å²) in [6, 6.07) is 0. The van der Waals surface area contributed by atoms with Crippen LogP contribution in [0.15, 0.2) is 12.2 Å². The fourth-order valence-corrected chi connectivity index (χ4v) is 1.14. The Morgan fingerprint density at radius 1 is 1.33 bits per heavy atom. The molecule has 0 heterocycles. The van der Waals surface area contributed by atoms with Crippen LogP contribution in [0.2, 0.25) is 0 Å². The van der Waals surface area contributed by atoms with Crippen molar-refractivity contribution in [2.24, 2.45) is 5.92 Å². The van der Waals surface area contributed by atoms with Gasteiger partial charge in [-0.25, -0.2) is 0 Å². The van der Waals surface area contributed by atoms with Gasteiger partial charge < -0.3 is 10.2 Å². The van der Waals surface area contributed by atoms with E-state index in [2.05, 4.69) is 12.2 Å². The summed E-state index contributed by atoms with van der Waals surface area (Å²) in [6.07, 6.45) is 9.32. The van der Waals surface area contributed by atoms with Gasteiger partial charge in [0.25, 0.3) is 0 Å². The van der Waals surface area contributed by atoms with E-state index in [4.69, 9.17) is 10.2 Å². The molecule has 2 N–H and O–H groups in total. The van der Waals surface area contributed by atoms with Crippen molar-refractivity contribution in [2.45, 2.75) is 38.2 Å². The third-order valence-corrected chi connectivity index (χ3v) is 2.21. The zero-order chi connectivity index (χ0) is 8.81. The summed E-state index contributed by atoms with van der Waals surface area (Å²) in [7, 11) is 0. The second kappa shape index (κ2) is 5.33. The highest BCUT2D eigenvalue weighted by molar-refractivity contribution is 4.88. The Kier molecular flexibility index (Phi) is 4.33. The van der Waals surface area contributed by atoms with E-state index in [0.29, 0.717) is 6.42 Å². The van der Waals surface area contributed by atoms with E-state index in [1.165, 1.54) is 19.3 Å². The molecular formula is C10H18O2. The highest BCUT2D eigenvalue weighted by atomic mass is 16.3. The van der Waals surface area contributed by atoms with E-state index in [-0.39, 0.29) is 6.61 Å². The van der Waals surface area contributed by atoms with E-state index >= 15 is 0 Å². The first-order chi connectivity index (χ1) is 5.83. The fourth-order valence-electron chi connectivity index (χ4n) is 1.14. The third kappa shape index (κ3) is 4.52. The van der Waals surface area contributed by atoms with Gasteiger partial charge in [-0.15, -0.1) is 0 Å². The van der Waals surface area contributed by atoms with Crippen LogP contribution in [0.5, 0.6) is 0 Å². The maximum absolute atomic E-state index is 8.99. The molecule has 1 fully saturated rings. The molecule has 2 heteroatoms. The smallest absolute Gasteiger partial charge is 0.0773 e. The van der Waals surface area contributed by atoms with Gasteiger partial charge in [0.2, 0.25) is 0 Å². The van der Waals surface area contributed by atoms with Crippen molar-refractivity contribution in [1.29, 1.82) is 0 Å². The lowest BCUT2D eigenvalue weighted by Gasteiger charge is -2.02. The summed E-state index contributed by atoms with van der Waals surface area (Å²) < 4.78 is 0. The number of hydrogen-bond donors (Lipinski definition) is 2. The maximum Gasteiger partial charge on any atom is 0.0773 e. The van der Waals surface area contributed by atoms with Crippen molar-refractivity contribution >= 4 is 0 Å². The molecule has 1 aliphatic rings. The van der Waals surface area contributed by atoms with E-state index < -0.39 is 6.10 Å². The number of rotatable bonds is 6. The van der Waals surface area contributed by atoms with Crippen LogP contribution in [0.25, 0.3) is 0 Å². The van der Waals surface area contributed by atoms with Gasteiger partial charge in [0, 0.05) is 0 Å². The second-order valence-electron chi connectivity index (χ2n) is 3.56. The number of hydrogen-bond acceptors (Lipinski definition) is 2. The monoisotopic (exact) mass is 170 g/mol. The van der Waals surface area contributed by atoms with Crippen molar-refractivity contribution < 1.29 is 10.2 Å². The Morgan fingerprint density at radius 2 is 2.08 bits per heavy atom. The highest BCUT2D eigenvalue weighted by Gasteiger charge is 2.18. The van der Waals surface area contributed by atoms with Crippen LogP contribution >= 0.6 is 0 Å². The summed E-state index contributed by atoms with van der Waals surface area (Å²) in [6.45, 7) is -0.115. The van der Waals surface area contributed by atoms with E-state index in [9.17, 15) is 0 Å². The Labute approximate surface area is 73.9 Å². The van der Waals surface area contributed by atoms with Crippen LogP contribution in [0.1, 0.15) is 32.1 Å². The predicted molar refractivity (Wildman–Crippen MR) is 48.8 cm³/mol. The molecule has 0 amide bonds. The Balaban J connectivity index is 1.89. The minimum Gasteiger partial charge on any atom is -0.394 e. The van der Waals surface area contributed by atoms with Crippen LogP contribution in [0, 0.1) is 5.92 Å². The highest BCUT2D eigenvalue weighted by Crippen LogP contribution is 2.32. The van der Waals surface area contributed by atoms with Crippen molar-refractivity contribution in [3.63, 3.8) is 0 Å². The molecule has 0 aromatic carbocycles. The van der Waals surface area contributed by atoms with Crippen LogP contribution in [-0.2, 0) is 0 Å². The second-order valence-corrected chi connectivity index (χ2v) is 3.56. The minimum absolute atomic E-state index is 0.115. The summed E-state index contributed by atoms with van der Waals surface area (Å²) in [4.78, 5) is 0. The number of allylic oxidation sites excluding steroid dienone is 2. The average Bonchev–Trinajstić information content (AvgIpc) is 2.87. The molecule has 0 spiro atoms. The predicted octanol–water partition coefficient (Wildman–Crippen LogP) is 1.48. The topological polar surface area (TPSA) is 40.5 Å². The fraction of sp³-hybridized carbons (Fsp3) is 0.800. The molecule has 0 bridgehead atoms. The van der Waals surface area contributed by atoms with Crippen LogP contribution < -0.4 is 0 Å². The van der Waals surface area contributed by atoms with Crippen LogP contribution in [0.3, 0.4) is 0 Å². The quantitative estimate of drug-likeness (QED) is 0.593. The summed E-state index contributed by atoms with van der Waals surface area (Å²) >= 11 is 0. The molecular weight excluding hydrogens is 152 g/mol. The van der Waals surface area contributed by atoms with Crippen molar-refractivity contribution in [1.82, 2.24) is 0 Å². The molecule has 1 rings (SSSR count). The molecule has 0 aromatic rings. The maximum atomic E-state index is 8.99. The molecule has 0 aliphatic heterocycles. The molecule has 0 radical (unpaired) electrons. The zero-order valence-electron chi connectivity index (χ0n) is 7.45. The van der Waals surface area contributed by atoms with Crippen LogP contribution in [-0.4, -0.2) is 22.9 Å². The first-order valence-electron chi connectivity index (χ1n) is 4.77. The summed E-state index contributed by atoms with van der Waals surface area (Å²) in [5.41, 5.74) is 0. The average molecular weight is 170 g/mol. The van der Waals surface area contributed by atoms with Gasteiger partial charge in [-0.3, -0.25) is 0 Å². The van der Waals surface area contributed by atoms with Gasteiger partial charge in [0.05, 0.1) is 12.7 Å². The van der Waals surface area contributed by atoms with E-state index in [1.54, 1.807) is 0 Å². The molecule has 1 atom stereocenters. The summed E-state index contributed by atoms with van der Waals surface area (Å²) in [5, 5.41) is 17.5. The molecule has 12 heavy (non-hydrogen) atoms. The van der Waals surface area contributed by atoms with Gasteiger partial charge in [-0.05, 0) is 38.0 Å². The van der Waals surface area contributed by atoms with Crippen molar-refractivity contribution in [3.8, 4) is 0 Å². The lowest BCUT2D eigenvalue weighted by atomic mass is 10.2. The lowest BCUT2D eigenvalue weighted by molar-refractivity contribution is 0.0891. The molecule has 1 unspecified atom stereocenters. The van der Waals surface area contributed by atoms with E-state index in [1.807, 2.05) is 0 Å². The standard InChI is InChI=1S/C10H18O2/c11-8-10(12)5-3-1-2-4-9-6-7-9/h1-2,9-12H,3-8H2. The van der Waals surface area contributed by atoms with Crippen molar-refractivity contribution in [2.75, 3.05) is 6.61 Å².